The topological polar surface area (TPSA) is 135 Å². The molecule has 2 heterocycles. The van der Waals surface area contributed by atoms with Gasteiger partial charge in [0.1, 0.15) is 21.7 Å². The van der Waals surface area contributed by atoms with Crippen LogP contribution in [-0.2, 0) is 37.0 Å². The number of anilines is 1. The molecule has 10 heteroatoms. The van der Waals surface area contributed by atoms with Crippen molar-refractivity contribution in [1.29, 1.82) is 0 Å². The molecule has 1 aliphatic heterocycles. The van der Waals surface area contributed by atoms with E-state index < -0.39 is 27.8 Å². The Morgan fingerprint density at radius 2 is 2.12 bits per heavy atom. The second-order valence-electron chi connectivity index (χ2n) is 9.19. The fraction of sp³-hybridized carbons (Fsp3) is 0.696. The van der Waals surface area contributed by atoms with Crippen LogP contribution < -0.4 is 10.6 Å². The monoisotopic (exact) mass is 481 g/mol. The summed E-state index contributed by atoms with van der Waals surface area (Å²) in [6, 6.07) is 3.27. The minimum absolute atomic E-state index is 0.0167. The van der Waals surface area contributed by atoms with Crippen LogP contribution in [0, 0.1) is 5.92 Å². The zero-order valence-corrected chi connectivity index (χ0v) is 20.0. The molecule has 3 rings (SSSR count). The van der Waals surface area contributed by atoms with Crippen molar-refractivity contribution < 1.29 is 27.9 Å². The lowest BCUT2D eigenvalue weighted by molar-refractivity contribution is -0.142. The number of carboxylic acid groups (broad SMARTS) is 1. The summed E-state index contributed by atoms with van der Waals surface area (Å²) in [6.45, 7) is 1.25. The van der Waals surface area contributed by atoms with Gasteiger partial charge in [0.2, 0.25) is 5.91 Å². The van der Waals surface area contributed by atoms with Crippen LogP contribution in [0.1, 0.15) is 56.2 Å². The quantitative estimate of drug-likeness (QED) is 0.389. The second kappa shape index (κ2) is 11.8. The summed E-state index contributed by atoms with van der Waals surface area (Å²) < 4.78 is 28.0. The molecule has 3 N–H and O–H groups in total. The Kier molecular flexibility index (Phi) is 9.08. The summed E-state index contributed by atoms with van der Waals surface area (Å²) in [7, 11) is -3.14. The number of hydrogen-bond donors (Lipinski definition) is 3. The van der Waals surface area contributed by atoms with Crippen LogP contribution in [0.4, 0.5) is 5.82 Å². The predicted molar refractivity (Wildman–Crippen MR) is 125 cm³/mol. The Balaban J connectivity index is 1.29. The molecule has 1 aliphatic carbocycles. The normalized spacial score (nSPS) is 20.8. The molecule has 1 aromatic heterocycles. The maximum Gasteiger partial charge on any atom is 0.326 e. The molecular weight excluding hydrogens is 446 g/mol. The molecule has 9 nitrogen and oxygen atoms in total. The van der Waals surface area contributed by atoms with E-state index in [0.29, 0.717) is 5.92 Å². The second-order valence-corrected chi connectivity index (χ2v) is 11.4. The highest BCUT2D eigenvalue weighted by atomic mass is 32.2. The van der Waals surface area contributed by atoms with Crippen LogP contribution in [0.15, 0.2) is 12.1 Å². The lowest BCUT2D eigenvalue weighted by Gasteiger charge is -2.35. The molecule has 33 heavy (non-hydrogen) atoms. The summed E-state index contributed by atoms with van der Waals surface area (Å²) in [5.41, 5.74) is 2.41. The molecule has 0 saturated heterocycles. The van der Waals surface area contributed by atoms with Gasteiger partial charge in [0, 0.05) is 37.9 Å². The largest absolute Gasteiger partial charge is 0.480 e. The van der Waals surface area contributed by atoms with Gasteiger partial charge in [0.05, 0.1) is 11.9 Å². The molecule has 1 amide bonds. The number of sulfone groups is 1. The van der Waals surface area contributed by atoms with Gasteiger partial charge in [0.15, 0.2) is 0 Å². The first-order valence-corrected chi connectivity index (χ1v) is 13.8. The van der Waals surface area contributed by atoms with E-state index >= 15 is 0 Å². The van der Waals surface area contributed by atoms with Gasteiger partial charge >= 0.3 is 5.97 Å². The van der Waals surface area contributed by atoms with Gasteiger partial charge in [0.25, 0.3) is 0 Å². The van der Waals surface area contributed by atoms with Crippen molar-refractivity contribution in [2.24, 2.45) is 5.92 Å². The number of hydrogen-bond acceptors (Lipinski definition) is 7. The van der Waals surface area contributed by atoms with E-state index in [-0.39, 0.29) is 37.7 Å². The van der Waals surface area contributed by atoms with Crippen molar-refractivity contribution in [1.82, 2.24) is 10.3 Å². The Labute approximate surface area is 195 Å². The molecule has 1 unspecified atom stereocenters. The van der Waals surface area contributed by atoms with E-state index in [0.717, 1.165) is 62.8 Å². The molecule has 0 spiro atoms. The number of ether oxygens (including phenoxy) is 1. The van der Waals surface area contributed by atoms with Gasteiger partial charge in [-0.3, -0.25) is 4.79 Å². The summed E-state index contributed by atoms with van der Waals surface area (Å²) in [4.78, 5) is 28.1. The Bertz CT molecular complexity index is 930. The smallest absolute Gasteiger partial charge is 0.326 e. The number of carboxylic acids is 1. The molecule has 1 aromatic rings. The summed E-state index contributed by atoms with van der Waals surface area (Å²) in [5.74, 6) is -0.0484. The minimum Gasteiger partial charge on any atom is -0.480 e. The average Bonchev–Trinajstić information content (AvgIpc) is 2.72. The molecule has 184 valence electrons. The fourth-order valence-electron chi connectivity index (χ4n) is 4.28. The minimum atomic E-state index is -3.14. The Hall–Kier alpha value is -2.20. The summed E-state index contributed by atoms with van der Waals surface area (Å²) >= 11 is 0. The standard InChI is InChI=1S/C23H35N3O6S/c1-33(30,31)13-3-5-21(27)26-20(23(28)29)10-12-32-19-14-16(15-19)6-8-18-9-7-17-4-2-11-24-22(17)25-18/h7,9,16,19-20H,2-6,8,10-15H2,1H3,(H,24,25)(H,26,27)(H,28,29). The van der Waals surface area contributed by atoms with Crippen LogP contribution >= 0.6 is 0 Å². The van der Waals surface area contributed by atoms with Gasteiger partial charge in [-0.2, -0.15) is 0 Å². The third kappa shape index (κ3) is 8.58. The van der Waals surface area contributed by atoms with E-state index in [2.05, 4.69) is 22.8 Å². The van der Waals surface area contributed by atoms with E-state index in [1.54, 1.807) is 0 Å². The maximum absolute atomic E-state index is 11.9. The van der Waals surface area contributed by atoms with Crippen molar-refractivity contribution in [3.63, 3.8) is 0 Å². The highest BCUT2D eigenvalue weighted by Crippen LogP contribution is 2.34. The number of rotatable bonds is 13. The zero-order chi connectivity index (χ0) is 23.8. The number of carbonyl (C=O) groups is 2. The molecule has 0 bridgehead atoms. The predicted octanol–water partition coefficient (Wildman–Crippen LogP) is 1.95. The first-order valence-electron chi connectivity index (χ1n) is 11.7. The van der Waals surface area contributed by atoms with Gasteiger partial charge in [-0.25, -0.2) is 18.2 Å². The molecule has 1 atom stereocenters. The zero-order valence-electron chi connectivity index (χ0n) is 19.2. The van der Waals surface area contributed by atoms with Crippen LogP contribution in [0.5, 0.6) is 0 Å². The number of amides is 1. The SMILES string of the molecule is CS(=O)(=O)CCCC(=O)NC(CCOC1CC(CCc2ccc3c(n2)NCCC3)C1)C(=O)O. The Morgan fingerprint density at radius 1 is 1.33 bits per heavy atom. The van der Waals surface area contributed by atoms with Gasteiger partial charge in [-0.15, -0.1) is 0 Å². The van der Waals surface area contributed by atoms with E-state index in [1.165, 1.54) is 5.56 Å². The van der Waals surface area contributed by atoms with E-state index in [1.807, 2.05) is 0 Å². The van der Waals surface area contributed by atoms with Crippen LogP contribution in [0.2, 0.25) is 0 Å². The highest BCUT2D eigenvalue weighted by molar-refractivity contribution is 7.90. The molecule has 1 saturated carbocycles. The van der Waals surface area contributed by atoms with Crippen molar-refractivity contribution in [2.75, 3.05) is 30.5 Å². The molecular formula is C23H35N3O6S. The number of aliphatic carboxylic acids is 1. The van der Waals surface area contributed by atoms with Crippen LogP contribution in [0.3, 0.4) is 0 Å². The van der Waals surface area contributed by atoms with Gasteiger partial charge in [-0.05, 0) is 62.5 Å². The Morgan fingerprint density at radius 3 is 2.85 bits per heavy atom. The molecule has 0 aromatic carbocycles. The molecule has 0 radical (unpaired) electrons. The lowest BCUT2D eigenvalue weighted by atomic mass is 9.79. The third-order valence-corrected chi connectivity index (χ3v) is 7.30. The van der Waals surface area contributed by atoms with Crippen LogP contribution in [-0.4, -0.2) is 67.7 Å². The molecule has 1 fully saturated rings. The van der Waals surface area contributed by atoms with Crippen LogP contribution in [0.25, 0.3) is 0 Å². The van der Waals surface area contributed by atoms with Crippen molar-refractivity contribution in [3.05, 3.63) is 23.4 Å². The van der Waals surface area contributed by atoms with Crippen molar-refractivity contribution in [3.8, 4) is 0 Å². The van der Waals surface area contributed by atoms with Gasteiger partial charge in [-0.1, -0.05) is 6.07 Å². The number of pyridine rings is 1. The van der Waals surface area contributed by atoms with Crippen molar-refractivity contribution >= 4 is 27.5 Å². The van der Waals surface area contributed by atoms with Crippen molar-refractivity contribution in [2.45, 2.75) is 69.9 Å². The number of carbonyl (C=O) groups excluding carboxylic acids is 1. The number of nitrogens with one attached hydrogen (secondary N) is 2. The summed E-state index contributed by atoms with van der Waals surface area (Å²) in [5, 5.41) is 15.2. The van der Waals surface area contributed by atoms with E-state index in [4.69, 9.17) is 9.72 Å². The number of aryl methyl sites for hydroxylation is 2. The fourth-order valence-corrected chi connectivity index (χ4v) is 4.95. The highest BCUT2D eigenvalue weighted by Gasteiger charge is 2.30. The summed E-state index contributed by atoms with van der Waals surface area (Å²) in [6.07, 6.45) is 7.74. The van der Waals surface area contributed by atoms with E-state index in [9.17, 15) is 23.1 Å². The van der Waals surface area contributed by atoms with Gasteiger partial charge < -0.3 is 20.5 Å². The molecule has 2 aliphatic rings. The number of aromatic nitrogens is 1. The number of fused-ring (bicyclic) bond motifs is 1. The lowest BCUT2D eigenvalue weighted by Crippen LogP contribution is -2.42. The maximum atomic E-state index is 11.9. The third-order valence-electron chi connectivity index (χ3n) is 6.27. The number of nitrogens with zero attached hydrogens (tertiary/aromatic N) is 1. The average molecular weight is 482 g/mol. The first kappa shape index (κ1) is 25.4. The first-order chi connectivity index (χ1) is 15.7.